The zero-order valence-corrected chi connectivity index (χ0v) is 15.0. The van der Waals surface area contributed by atoms with E-state index in [1.807, 2.05) is 4.90 Å². The third-order valence-electron chi connectivity index (χ3n) is 5.16. The minimum Gasteiger partial charge on any atom is -0.382 e. The van der Waals surface area contributed by atoms with Gasteiger partial charge in [0.25, 0.3) is 0 Å². The van der Waals surface area contributed by atoms with Gasteiger partial charge in [-0.3, -0.25) is 4.90 Å². The van der Waals surface area contributed by atoms with E-state index in [-0.39, 0.29) is 0 Å². The van der Waals surface area contributed by atoms with Gasteiger partial charge >= 0.3 is 6.18 Å². The second-order valence-electron chi connectivity index (χ2n) is 7.04. The predicted molar refractivity (Wildman–Crippen MR) is 102 cm³/mol. The number of alkyl halides is 3. The number of halogens is 3. The molecule has 0 radical (unpaired) electrons. The van der Waals surface area contributed by atoms with Crippen LogP contribution in [-0.2, 0) is 12.7 Å². The molecule has 0 amide bonds. The number of benzene rings is 2. The van der Waals surface area contributed by atoms with Gasteiger partial charge in [-0.05, 0) is 35.9 Å². The summed E-state index contributed by atoms with van der Waals surface area (Å²) in [7, 11) is 0. The molecule has 0 spiro atoms. The van der Waals surface area contributed by atoms with Gasteiger partial charge in [0.2, 0.25) is 0 Å². The van der Waals surface area contributed by atoms with E-state index in [1.165, 1.54) is 17.7 Å². The zero-order chi connectivity index (χ0) is 18.9. The Hall–Kier alpha value is -2.41. The van der Waals surface area contributed by atoms with Crippen molar-refractivity contribution in [3.05, 3.63) is 53.6 Å². The van der Waals surface area contributed by atoms with Crippen LogP contribution in [0.5, 0.6) is 0 Å². The molecule has 27 heavy (non-hydrogen) atoms. The molecule has 2 N–H and O–H groups in total. The number of nitrogens with one attached hydrogen (secondary N) is 2. The molecule has 4 rings (SSSR count). The first-order valence-electron chi connectivity index (χ1n) is 9.24. The van der Waals surface area contributed by atoms with Gasteiger partial charge in [0.05, 0.1) is 16.9 Å². The normalized spacial score (nSPS) is 17.8. The Balaban J connectivity index is 1.37. The monoisotopic (exact) mass is 376 g/mol. The summed E-state index contributed by atoms with van der Waals surface area (Å²) in [6, 6.07) is 12.0. The largest absolute Gasteiger partial charge is 0.416 e. The van der Waals surface area contributed by atoms with Crippen molar-refractivity contribution in [1.29, 1.82) is 0 Å². The number of rotatable bonds is 3. The minimum absolute atomic E-state index is 0.586. The van der Waals surface area contributed by atoms with Crippen molar-refractivity contribution in [3.8, 4) is 0 Å². The molecule has 0 aromatic heterocycles. The molecule has 2 aliphatic rings. The Kier molecular flexibility index (Phi) is 4.86. The van der Waals surface area contributed by atoms with Crippen LogP contribution < -0.4 is 15.5 Å². The van der Waals surface area contributed by atoms with Gasteiger partial charge in [0, 0.05) is 51.5 Å². The van der Waals surface area contributed by atoms with Crippen LogP contribution in [0.4, 0.5) is 30.2 Å². The zero-order valence-electron chi connectivity index (χ0n) is 15.0. The quantitative estimate of drug-likeness (QED) is 0.852. The molecule has 0 bridgehead atoms. The van der Waals surface area contributed by atoms with Gasteiger partial charge in [-0.2, -0.15) is 13.2 Å². The second kappa shape index (κ2) is 7.31. The first-order chi connectivity index (χ1) is 13.0. The maximum absolute atomic E-state index is 12.9. The van der Waals surface area contributed by atoms with Crippen LogP contribution in [-0.4, -0.2) is 44.2 Å². The van der Waals surface area contributed by atoms with Gasteiger partial charge < -0.3 is 15.5 Å². The van der Waals surface area contributed by atoms with E-state index in [0.29, 0.717) is 5.69 Å². The molecule has 2 heterocycles. The highest BCUT2D eigenvalue weighted by Gasteiger charge is 2.31. The maximum atomic E-state index is 12.9. The molecule has 2 aromatic carbocycles. The van der Waals surface area contributed by atoms with Gasteiger partial charge in [-0.15, -0.1) is 0 Å². The number of hydrogen-bond donors (Lipinski definition) is 2. The van der Waals surface area contributed by atoms with E-state index >= 15 is 0 Å². The van der Waals surface area contributed by atoms with Crippen molar-refractivity contribution >= 4 is 17.1 Å². The molecule has 1 saturated heterocycles. The molecule has 0 atom stereocenters. The minimum atomic E-state index is -4.30. The summed E-state index contributed by atoms with van der Waals surface area (Å²) in [6.07, 6.45) is -4.30. The highest BCUT2D eigenvalue weighted by molar-refractivity contribution is 5.71. The molecular formula is C20H23F3N4. The van der Waals surface area contributed by atoms with Gasteiger partial charge in [0.15, 0.2) is 0 Å². The Morgan fingerprint density at radius 3 is 2.33 bits per heavy atom. The lowest BCUT2D eigenvalue weighted by atomic mass is 10.1. The smallest absolute Gasteiger partial charge is 0.382 e. The first-order valence-corrected chi connectivity index (χ1v) is 9.24. The van der Waals surface area contributed by atoms with Crippen LogP contribution in [0.15, 0.2) is 42.5 Å². The summed E-state index contributed by atoms with van der Waals surface area (Å²) in [4.78, 5) is 4.38. The Morgan fingerprint density at radius 1 is 0.852 bits per heavy atom. The van der Waals surface area contributed by atoms with E-state index in [1.54, 1.807) is 6.07 Å². The van der Waals surface area contributed by atoms with Crippen LogP contribution in [0.1, 0.15) is 11.1 Å². The molecule has 7 heteroatoms. The highest BCUT2D eigenvalue weighted by atomic mass is 19.4. The molecule has 0 saturated carbocycles. The summed E-state index contributed by atoms with van der Waals surface area (Å²) in [5.74, 6) is 0. The summed E-state index contributed by atoms with van der Waals surface area (Å²) >= 11 is 0. The number of nitrogens with zero attached hydrogens (tertiary/aromatic N) is 2. The van der Waals surface area contributed by atoms with E-state index in [0.717, 1.165) is 63.3 Å². The molecule has 1 fully saturated rings. The van der Waals surface area contributed by atoms with E-state index < -0.39 is 11.7 Å². The van der Waals surface area contributed by atoms with Crippen LogP contribution in [0, 0.1) is 0 Å². The van der Waals surface area contributed by atoms with Gasteiger partial charge in [0.1, 0.15) is 0 Å². The topological polar surface area (TPSA) is 30.5 Å². The average Bonchev–Trinajstić information content (AvgIpc) is 2.68. The highest BCUT2D eigenvalue weighted by Crippen LogP contribution is 2.32. The second-order valence-corrected chi connectivity index (χ2v) is 7.04. The molecule has 0 aliphatic carbocycles. The lowest BCUT2D eigenvalue weighted by molar-refractivity contribution is -0.137. The Bertz CT molecular complexity index is 798. The molecule has 144 valence electrons. The number of anilines is 3. The third kappa shape index (κ3) is 4.13. The fourth-order valence-electron chi connectivity index (χ4n) is 3.69. The Labute approximate surface area is 157 Å². The van der Waals surface area contributed by atoms with Gasteiger partial charge in [-0.25, -0.2) is 0 Å². The maximum Gasteiger partial charge on any atom is 0.416 e. The van der Waals surface area contributed by atoms with Crippen molar-refractivity contribution in [2.24, 2.45) is 0 Å². The van der Waals surface area contributed by atoms with Crippen molar-refractivity contribution in [1.82, 2.24) is 4.90 Å². The lowest BCUT2D eigenvalue weighted by Gasteiger charge is -2.36. The lowest BCUT2D eigenvalue weighted by Crippen LogP contribution is -2.46. The van der Waals surface area contributed by atoms with Crippen LogP contribution in [0.25, 0.3) is 0 Å². The molecular weight excluding hydrogens is 353 g/mol. The van der Waals surface area contributed by atoms with E-state index in [2.05, 4.69) is 33.7 Å². The summed E-state index contributed by atoms with van der Waals surface area (Å²) in [5.41, 5.74) is 3.59. The fourth-order valence-corrected chi connectivity index (χ4v) is 3.69. The van der Waals surface area contributed by atoms with Crippen LogP contribution in [0.2, 0.25) is 0 Å². The Morgan fingerprint density at radius 2 is 1.59 bits per heavy atom. The SMILES string of the molecule is FC(F)(F)c1cccc(N2CCN(Cc3ccc4c(c3)NCCN4)CC2)c1. The summed E-state index contributed by atoms with van der Waals surface area (Å²) < 4.78 is 38.8. The third-order valence-corrected chi connectivity index (χ3v) is 5.16. The molecule has 0 unspecified atom stereocenters. The first kappa shape index (κ1) is 18.0. The number of piperazine rings is 1. The predicted octanol–water partition coefficient (Wildman–Crippen LogP) is 3.87. The molecule has 2 aliphatic heterocycles. The standard InChI is InChI=1S/C20H23F3N4/c21-20(22,23)16-2-1-3-17(13-16)27-10-8-26(9-11-27)14-15-4-5-18-19(12-15)25-7-6-24-18/h1-5,12-13,24-25H,6-11,14H2. The van der Waals surface area contributed by atoms with Crippen molar-refractivity contribution in [2.45, 2.75) is 12.7 Å². The molecule has 2 aromatic rings. The van der Waals surface area contributed by atoms with Crippen molar-refractivity contribution in [2.75, 3.05) is 54.8 Å². The number of hydrogen-bond acceptors (Lipinski definition) is 4. The summed E-state index contributed by atoms with van der Waals surface area (Å²) in [6.45, 7) is 5.83. The van der Waals surface area contributed by atoms with Crippen molar-refractivity contribution in [3.63, 3.8) is 0 Å². The van der Waals surface area contributed by atoms with Crippen LogP contribution in [0.3, 0.4) is 0 Å². The van der Waals surface area contributed by atoms with Crippen LogP contribution >= 0.6 is 0 Å². The number of fused-ring (bicyclic) bond motifs is 1. The molecule has 4 nitrogen and oxygen atoms in total. The van der Waals surface area contributed by atoms with Crippen molar-refractivity contribution < 1.29 is 13.2 Å². The van der Waals surface area contributed by atoms with Gasteiger partial charge in [-0.1, -0.05) is 12.1 Å². The van der Waals surface area contributed by atoms with E-state index in [9.17, 15) is 13.2 Å². The summed E-state index contributed by atoms with van der Waals surface area (Å²) in [5, 5.41) is 6.77. The van der Waals surface area contributed by atoms with E-state index in [4.69, 9.17) is 0 Å². The average molecular weight is 376 g/mol. The fraction of sp³-hybridized carbons (Fsp3) is 0.400.